The van der Waals surface area contributed by atoms with Crippen LogP contribution in [0.4, 0.5) is 5.95 Å². The van der Waals surface area contributed by atoms with Gasteiger partial charge in [0.2, 0.25) is 0 Å². The molecule has 0 unspecified atom stereocenters. The third kappa shape index (κ3) is 1.05. The maximum Gasteiger partial charge on any atom is 0.266 e. The van der Waals surface area contributed by atoms with Gasteiger partial charge in [-0.25, -0.2) is 4.98 Å². The molecule has 0 aromatic carbocycles. The van der Waals surface area contributed by atoms with Gasteiger partial charge in [-0.05, 0) is 5.21 Å². The van der Waals surface area contributed by atoms with E-state index in [0.29, 0.717) is 5.95 Å². The number of anilines is 1. The van der Waals surface area contributed by atoms with Crippen LogP contribution in [-0.2, 0) is 13.0 Å². The lowest BCUT2D eigenvalue weighted by molar-refractivity contribution is 0.690. The van der Waals surface area contributed by atoms with Gasteiger partial charge in [0.15, 0.2) is 0 Å². The second kappa shape index (κ2) is 2.79. The van der Waals surface area contributed by atoms with Crippen molar-refractivity contribution in [2.75, 3.05) is 11.4 Å². The highest BCUT2D eigenvalue weighted by atomic mass is 15.5. The largest absolute Gasteiger partial charge is 0.347 e. The van der Waals surface area contributed by atoms with Crippen molar-refractivity contribution in [1.29, 1.82) is 0 Å². The minimum absolute atomic E-state index is 0.644. The molecule has 14 heavy (non-hydrogen) atoms. The molecule has 3 rings (SSSR count). The van der Waals surface area contributed by atoms with Crippen LogP contribution in [0, 0.1) is 0 Å². The number of nitrogens with zero attached hydrogens (tertiary/aromatic N) is 5. The van der Waals surface area contributed by atoms with Crippen LogP contribution in [0.3, 0.4) is 0 Å². The van der Waals surface area contributed by atoms with Crippen LogP contribution >= 0.6 is 0 Å². The third-order valence-electron chi connectivity index (χ3n) is 2.39. The fraction of sp³-hybridized carbons (Fsp3) is 0.429. The first-order valence-electron chi connectivity index (χ1n) is 4.43. The van der Waals surface area contributed by atoms with Gasteiger partial charge in [0, 0.05) is 13.0 Å². The molecule has 0 saturated heterocycles. The Morgan fingerprint density at radius 1 is 1.43 bits per heavy atom. The average molecular weight is 191 g/mol. The molecule has 1 aliphatic heterocycles. The van der Waals surface area contributed by atoms with E-state index in [2.05, 4.69) is 35.5 Å². The van der Waals surface area contributed by atoms with Gasteiger partial charge < -0.3 is 9.88 Å². The quantitative estimate of drug-likeness (QED) is 0.633. The van der Waals surface area contributed by atoms with Crippen molar-refractivity contribution >= 4 is 5.95 Å². The lowest BCUT2D eigenvalue weighted by Gasteiger charge is -2.24. The molecule has 7 heteroatoms. The molecule has 0 spiro atoms. The zero-order chi connectivity index (χ0) is 9.38. The Morgan fingerprint density at radius 2 is 2.43 bits per heavy atom. The van der Waals surface area contributed by atoms with E-state index in [1.54, 1.807) is 6.33 Å². The highest BCUT2D eigenvalue weighted by Gasteiger charge is 2.20. The molecule has 0 aliphatic carbocycles. The fourth-order valence-electron chi connectivity index (χ4n) is 1.67. The summed E-state index contributed by atoms with van der Waals surface area (Å²) in [6.07, 6.45) is 2.65. The molecule has 7 nitrogen and oxygen atoms in total. The van der Waals surface area contributed by atoms with Gasteiger partial charge in [0.1, 0.15) is 0 Å². The number of H-pyrrole nitrogens is 2. The van der Waals surface area contributed by atoms with Gasteiger partial charge in [-0.1, -0.05) is 5.10 Å². The van der Waals surface area contributed by atoms with Crippen molar-refractivity contribution in [3.63, 3.8) is 0 Å². The predicted molar refractivity (Wildman–Crippen MR) is 47.5 cm³/mol. The maximum atomic E-state index is 4.23. The van der Waals surface area contributed by atoms with Gasteiger partial charge >= 0.3 is 0 Å². The highest BCUT2D eigenvalue weighted by molar-refractivity contribution is 5.32. The summed E-state index contributed by atoms with van der Waals surface area (Å²) in [5.74, 6) is 0.644. The standard InChI is InChI=1S/C7H9N7/c1-2-14(7-10-12-13-11-7)3-6-5(1)8-4-9-6/h4H,1-3H2,(H,8,9)(H,10,11,12,13). The smallest absolute Gasteiger partial charge is 0.266 e. The normalized spacial score (nSPS) is 15.6. The Morgan fingerprint density at radius 3 is 3.29 bits per heavy atom. The van der Waals surface area contributed by atoms with Crippen molar-refractivity contribution in [1.82, 2.24) is 30.6 Å². The summed E-state index contributed by atoms with van der Waals surface area (Å²) in [6.45, 7) is 1.66. The van der Waals surface area contributed by atoms with Gasteiger partial charge in [-0.3, -0.25) is 0 Å². The first-order chi connectivity index (χ1) is 6.93. The first-order valence-corrected chi connectivity index (χ1v) is 4.43. The van der Waals surface area contributed by atoms with Gasteiger partial charge in [-0.15, -0.1) is 5.10 Å². The number of fused-ring (bicyclic) bond motifs is 1. The van der Waals surface area contributed by atoms with E-state index in [-0.39, 0.29) is 0 Å². The zero-order valence-electron chi connectivity index (χ0n) is 7.43. The summed E-state index contributed by atoms with van der Waals surface area (Å²) >= 11 is 0. The van der Waals surface area contributed by atoms with Gasteiger partial charge in [0.05, 0.1) is 24.3 Å². The molecule has 0 saturated carbocycles. The molecule has 0 fully saturated rings. The number of rotatable bonds is 1. The molecule has 0 bridgehead atoms. The highest BCUT2D eigenvalue weighted by Crippen LogP contribution is 2.17. The Bertz CT molecular complexity index is 417. The van der Waals surface area contributed by atoms with Crippen LogP contribution in [0.15, 0.2) is 6.33 Å². The van der Waals surface area contributed by atoms with E-state index < -0.39 is 0 Å². The number of aromatic nitrogens is 6. The molecular formula is C7H9N7. The number of hydrogen-bond acceptors (Lipinski definition) is 5. The molecule has 2 aromatic heterocycles. The minimum atomic E-state index is 0.644. The molecule has 3 heterocycles. The van der Waals surface area contributed by atoms with E-state index in [1.165, 1.54) is 0 Å². The Kier molecular flexibility index (Phi) is 1.49. The SMILES string of the molecule is c1nc2c([nH]1)CN(c1nn[nH]n1)CC2. The number of aromatic amines is 2. The van der Waals surface area contributed by atoms with Crippen molar-refractivity contribution in [2.24, 2.45) is 0 Å². The number of imidazole rings is 1. The van der Waals surface area contributed by atoms with Crippen LogP contribution < -0.4 is 4.90 Å². The van der Waals surface area contributed by atoms with Gasteiger partial charge in [0.25, 0.3) is 5.95 Å². The maximum absolute atomic E-state index is 4.23. The first kappa shape index (κ1) is 7.48. The number of tetrazole rings is 1. The van der Waals surface area contributed by atoms with E-state index in [9.17, 15) is 0 Å². The van der Waals surface area contributed by atoms with Crippen molar-refractivity contribution in [3.8, 4) is 0 Å². The predicted octanol–water partition coefficient (Wildman–Crippen LogP) is -0.515. The molecule has 0 amide bonds. The lowest BCUT2D eigenvalue weighted by atomic mass is 10.1. The van der Waals surface area contributed by atoms with E-state index in [4.69, 9.17) is 0 Å². The summed E-state index contributed by atoms with van der Waals surface area (Å²) in [7, 11) is 0. The molecular weight excluding hydrogens is 182 g/mol. The summed E-state index contributed by atoms with van der Waals surface area (Å²) in [5, 5.41) is 13.9. The van der Waals surface area contributed by atoms with Gasteiger partial charge in [-0.2, -0.15) is 5.21 Å². The van der Waals surface area contributed by atoms with Crippen molar-refractivity contribution in [3.05, 3.63) is 17.7 Å². The van der Waals surface area contributed by atoms with Crippen LogP contribution in [0.2, 0.25) is 0 Å². The van der Waals surface area contributed by atoms with Crippen LogP contribution in [0.25, 0.3) is 0 Å². The second-order valence-electron chi connectivity index (χ2n) is 3.21. The summed E-state index contributed by atoms with van der Waals surface area (Å²) in [5.41, 5.74) is 2.28. The van der Waals surface area contributed by atoms with Crippen molar-refractivity contribution < 1.29 is 0 Å². The van der Waals surface area contributed by atoms with Crippen LogP contribution in [-0.4, -0.2) is 37.1 Å². The molecule has 2 aromatic rings. The van der Waals surface area contributed by atoms with E-state index in [1.807, 2.05) is 0 Å². The van der Waals surface area contributed by atoms with E-state index in [0.717, 1.165) is 30.9 Å². The van der Waals surface area contributed by atoms with Crippen LogP contribution in [0.5, 0.6) is 0 Å². The van der Waals surface area contributed by atoms with Crippen LogP contribution in [0.1, 0.15) is 11.4 Å². The molecule has 0 radical (unpaired) electrons. The Balaban J connectivity index is 1.88. The topological polar surface area (TPSA) is 86.4 Å². The average Bonchev–Trinajstić information content (AvgIpc) is 2.88. The fourth-order valence-corrected chi connectivity index (χ4v) is 1.67. The molecule has 0 atom stereocenters. The summed E-state index contributed by atoms with van der Waals surface area (Å²) < 4.78 is 0. The molecule has 72 valence electrons. The summed E-state index contributed by atoms with van der Waals surface area (Å²) in [4.78, 5) is 9.40. The minimum Gasteiger partial charge on any atom is -0.347 e. The van der Waals surface area contributed by atoms with E-state index >= 15 is 0 Å². The van der Waals surface area contributed by atoms with Crippen molar-refractivity contribution in [2.45, 2.75) is 13.0 Å². The number of hydrogen-bond donors (Lipinski definition) is 2. The zero-order valence-corrected chi connectivity index (χ0v) is 7.43. The second-order valence-corrected chi connectivity index (χ2v) is 3.21. The Labute approximate surface area is 79.5 Å². The number of nitrogens with one attached hydrogen (secondary N) is 2. The molecule has 2 N–H and O–H groups in total. The monoisotopic (exact) mass is 191 g/mol. The third-order valence-corrected chi connectivity index (χ3v) is 2.39. The summed E-state index contributed by atoms with van der Waals surface area (Å²) in [6, 6.07) is 0. The lowest BCUT2D eigenvalue weighted by Crippen LogP contribution is -2.31. The molecule has 1 aliphatic rings. The Hall–Kier alpha value is -1.92.